The average molecular weight is 350 g/mol. The molecule has 0 aromatic heterocycles. The van der Waals surface area contributed by atoms with Crippen molar-refractivity contribution < 1.29 is 31.2 Å². The number of carbonyl (C=O) groups is 2. The Kier molecular flexibility index (Phi) is 4.93. The van der Waals surface area contributed by atoms with Gasteiger partial charge in [-0.05, 0) is 18.6 Å². The van der Waals surface area contributed by atoms with E-state index < -0.39 is 57.3 Å². The molecule has 23 heavy (non-hydrogen) atoms. The molecule has 126 valence electrons. The van der Waals surface area contributed by atoms with E-state index in [-0.39, 0.29) is 17.9 Å². The van der Waals surface area contributed by atoms with Crippen molar-refractivity contribution in [2.45, 2.75) is 12.5 Å². The summed E-state index contributed by atoms with van der Waals surface area (Å²) >= 11 is 0. The summed E-state index contributed by atoms with van der Waals surface area (Å²) in [5.74, 6) is -6.81. The summed E-state index contributed by atoms with van der Waals surface area (Å²) in [4.78, 5) is 23.3. The fourth-order valence-corrected chi connectivity index (χ4v) is 3.82. The Bertz CT molecular complexity index is 752. The summed E-state index contributed by atoms with van der Waals surface area (Å²) in [6.45, 7) is -0.548. The van der Waals surface area contributed by atoms with Crippen molar-refractivity contribution in [1.29, 1.82) is 0 Å². The van der Waals surface area contributed by atoms with Gasteiger partial charge >= 0.3 is 0 Å². The van der Waals surface area contributed by atoms with Crippen LogP contribution in [-0.2, 0) is 14.6 Å². The van der Waals surface area contributed by atoms with Gasteiger partial charge in [0.2, 0.25) is 5.91 Å². The highest BCUT2D eigenvalue weighted by molar-refractivity contribution is 7.91. The lowest BCUT2D eigenvalue weighted by atomic mass is 10.2. The Morgan fingerprint density at radius 1 is 1.17 bits per heavy atom. The molecule has 1 aromatic rings. The van der Waals surface area contributed by atoms with Crippen LogP contribution in [0.2, 0.25) is 0 Å². The summed E-state index contributed by atoms with van der Waals surface area (Å²) in [7, 11) is -3.16. The molecule has 1 heterocycles. The molecule has 6 nitrogen and oxygen atoms in total. The maximum Gasteiger partial charge on any atom is 0.254 e. The van der Waals surface area contributed by atoms with Gasteiger partial charge in [-0.25, -0.2) is 21.6 Å². The molecule has 1 unspecified atom stereocenters. The van der Waals surface area contributed by atoms with E-state index in [9.17, 15) is 31.2 Å². The summed E-state index contributed by atoms with van der Waals surface area (Å²) in [6.07, 6.45) is 0.278. The molecule has 0 radical (unpaired) electrons. The number of rotatable bonds is 4. The van der Waals surface area contributed by atoms with Crippen molar-refractivity contribution in [3.05, 3.63) is 35.1 Å². The minimum atomic E-state index is -3.16. The van der Waals surface area contributed by atoms with E-state index in [1.54, 1.807) is 0 Å². The molecule has 2 rings (SSSR count). The molecule has 1 atom stereocenters. The largest absolute Gasteiger partial charge is 0.351 e. The van der Waals surface area contributed by atoms with Gasteiger partial charge in [0.15, 0.2) is 27.3 Å². The van der Waals surface area contributed by atoms with Crippen molar-refractivity contribution in [2.75, 3.05) is 18.1 Å². The van der Waals surface area contributed by atoms with E-state index in [0.29, 0.717) is 6.07 Å². The Hall–Kier alpha value is -2.10. The maximum atomic E-state index is 13.4. The first-order chi connectivity index (χ1) is 10.7. The van der Waals surface area contributed by atoms with Crippen molar-refractivity contribution >= 4 is 21.7 Å². The topological polar surface area (TPSA) is 92.3 Å². The number of amides is 2. The Labute approximate surface area is 130 Å². The molecule has 0 bridgehead atoms. The minimum Gasteiger partial charge on any atom is -0.351 e. The molecule has 1 aromatic carbocycles. The number of hydrogen-bond acceptors (Lipinski definition) is 4. The molecule has 1 fully saturated rings. The molecule has 1 saturated heterocycles. The lowest BCUT2D eigenvalue weighted by molar-refractivity contribution is -0.120. The van der Waals surface area contributed by atoms with Gasteiger partial charge in [-0.15, -0.1) is 0 Å². The van der Waals surface area contributed by atoms with Gasteiger partial charge in [-0.2, -0.15) is 0 Å². The molecule has 0 saturated carbocycles. The van der Waals surface area contributed by atoms with Crippen LogP contribution in [0.5, 0.6) is 0 Å². The van der Waals surface area contributed by atoms with Gasteiger partial charge in [-0.1, -0.05) is 0 Å². The number of carbonyl (C=O) groups excluding carboxylic acids is 2. The van der Waals surface area contributed by atoms with Gasteiger partial charge in [-0.3, -0.25) is 9.59 Å². The average Bonchev–Trinajstić information content (AvgIpc) is 2.81. The van der Waals surface area contributed by atoms with Crippen LogP contribution in [0.1, 0.15) is 16.8 Å². The van der Waals surface area contributed by atoms with Gasteiger partial charge in [0.25, 0.3) is 5.91 Å². The Morgan fingerprint density at radius 2 is 1.87 bits per heavy atom. The molecule has 1 aliphatic rings. The normalized spacial score (nSPS) is 19.3. The Morgan fingerprint density at radius 3 is 2.48 bits per heavy atom. The van der Waals surface area contributed by atoms with Crippen LogP contribution in [0.4, 0.5) is 13.2 Å². The third kappa shape index (κ3) is 4.21. The molecular formula is C13H13F3N2O4S. The second kappa shape index (κ2) is 6.57. The zero-order valence-electron chi connectivity index (χ0n) is 11.7. The Balaban J connectivity index is 1.90. The molecule has 1 aliphatic heterocycles. The van der Waals surface area contributed by atoms with Gasteiger partial charge in [0.05, 0.1) is 23.6 Å². The standard InChI is InChI=1S/C13H13F3N2O4S/c14-9-2-1-8(11(15)12(9)16)13(20)17-5-10(19)18-7-3-4-23(21,22)6-7/h1-2,7H,3-6H2,(H,17,20)(H,18,19). The zero-order chi connectivity index (χ0) is 17.2. The smallest absolute Gasteiger partial charge is 0.254 e. The SMILES string of the molecule is O=C(CNC(=O)c1ccc(F)c(F)c1F)NC1CCS(=O)(=O)C1. The lowest BCUT2D eigenvalue weighted by Gasteiger charge is -2.11. The van der Waals surface area contributed by atoms with Gasteiger partial charge < -0.3 is 10.6 Å². The van der Waals surface area contributed by atoms with Crippen LogP contribution in [-0.4, -0.2) is 44.3 Å². The number of benzene rings is 1. The fraction of sp³-hybridized carbons (Fsp3) is 0.385. The van der Waals surface area contributed by atoms with Gasteiger partial charge in [0.1, 0.15) is 0 Å². The quantitative estimate of drug-likeness (QED) is 0.756. The number of nitrogens with one attached hydrogen (secondary N) is 2. The highest BCUT2D eigenvalue weighted by Gasteiger charge is 2.29. The number of halogens is 3. The van der Waals surface area contributed by atoms with Crippen molar-refractivity contribution in [3.63, 3.8) is 0 Å². The number of sulfone groups is 1. The summed E-state index contributed by atoms with van der Waals surface area (Å²) in [6, 6.07) is 0.811. The van der Waals surface area contributed by atoms with Crippen LogP contribution >= 0.6 is 0 Å². The third-order valence-corrected chi connectivity index (χ3v) is 5.05. The van der Waals surface area contributed by atoms with Crippen LogP contribution in [0.15, 0.2) is 12.1 Å². The monoisotopic (exact) mass is 350 g/mol. The van der Waals surface area contributed by atoms with Gasteiger partial charge in [0, 0.05) is 6.04 Å². The van der Waals surface area contributed by atoms with Crippen molar-refractivity contribution in [1.82, 2.24) is 10.6 Å². The molecule has 0 spiro atoms. The second-order valence-corrected chi connectivity index (χ2v) is 7.30. The van der Waals surface area contributed by atoms with Crippen LogP contribution in [0.25, 0.3) is 0 Å². The summed E-state index contributed by atoms with van der Waals surface area (Å²) < 4.78 is 61.7. The second-order valence-electron chi connectivity index (χ2n) is 5.07. The van der Waals surface area contributed by atoms with Crippen LogP contribution < -0.4 is 10.6 Å². The molecule has 2 N–H and O–H groups in total. The summed E-state index contributed by atoms with van der Waals surface area (Å²) in [5, 5.41) is 4.47. The van der Waals surface area contributed by atoms with E-state index in [0.717, 1.165) is 6.07 Å². The van der Waals surface area contributed by atoms with E-state index in [1.165, 1.54) is 0 Å². The third-order valence-electron chi connectivity index (χ3n) is 3.29. The van der Waals surface area contributed by atoms with Crippen LogP contribution in [0.3, 0.4) is 0 Å². The predicted molar refractivity (Wildman–Crippen MR) is 73.9 cm³/mol. The minimum absolute atomic E-state index is 0.0234. The molecule has 0 aliphatic carbocycles. The molecular weight excluding hydrogens is 337 g/mol. The fourth-order valence-electron chi connectivity index (χ4n) is 2.14. The van der Waals surface area contributed by atoms with E-state index in [2.05, 4.69) is 10.6 Å². The van der Waals surface area contributed by atoms with Crippen molar-refractivity contribution in [3.8, 4) is 0 Å². The van der Waals surface area contributed by atoms with E-state index in [1.807, 2.05) is 0 Å². The highest BCUT2D eigenvalue weighted by Crippen LogP contribution is 2.15. The van der Waals surface area contributed by atoms with Crippen LogP contribution in [0, 0.1) is 17.5 Å². The first-order valence-corrected chi connectivity index (χ1v) is 8.43. The predicted octanol–water partition coefficient (Wildman–Crippen LogP) is 0.137. The van der Waals surface area contributed by atoms with Crippen molar-refractivity contribution in [2.24, 2.45) is 0 Å². The lowest BCUT2D eigenvalue weighted by Crippen LogP contribution is -2.42. The molecule has 2 amide bonds. The maximum absolute atomic E-state index is 13.4. The highest BCUT2D eigenvalue weighted by atomic mass is 32.2. The first-order valence-electron chi connectivity index (χ1n) is 6.61. The van der Waals surface area contributed by atoms with E-state index in [4.69, 9.17) is 0 Å². The van der Waals surface area contributed by atoms with E-state index >= 15 is 0 Å². The summed E-state index contributed by atoms with van der Waals surface area (Å²) in [5.41, 5.74) is -0.736. The molecule has 10 heteroatoms. The zero-order valence-corrected chi connectivity index (χ0v) is 12.6. The number of hydrogen-bond donors (Lipinski definition) is 2. The first kappa shape index (κ1) is 17.3.